The van der Waals surface area contributed by atoms with E-state index in [9.17, 15) is 22.0 Å². The van der Waals surface area contributed by atoms with Crippen molar-refractivity contribution in [3.8, 4) is 5.75 Å². The summed E-state index contributed by atoms with van der Waals surface area (Å²) >= 11 is 0. The molecule has 2 N–H and O–H groups in total. The lowest BCUT2D eigenvalue weighted by molar-refractivity contribution is -0.114. The maximum Gasteiger partial charge on any atom is 0.241 e. The fraction of sp³-hybridized carbons (Fsp3) is 0.235. The molecule has 0 saturated carbocycles. The Morgan fingerprint density at radius 2 is 1.85 bits per heavy atom. The standard InChI is InChI=1S/C17H18F2N2O4S/c1-10(14-6-4-12(18)8-15(14)19)21-26(23,24)13-5-7-16(20-11(2)22)17(9-13)25-3/h4-10,21H,1-3H3,(H,20,22)/t10-/m0/s1. The van der Waals surface area contributed by atoms with Gasteiger partial charge in [0.05, 0.1) is 17.7 Å². The first-order chi connectivity index (χ1) is 12.1. The summed E-state index contributed by atoms with van der Waals surface area (Å²) in [5.41, 5.74) is 0.327. The van der Waals surface area contributed by atoms with E-state index >= 15 is 0 Å². The Kier molecular flexibility index (Phi) is 5.94. The lowest BCUT2D eigenvalue weighted by atomic mass is 10.1. The molecule has 9 heteroatoms. The molecule has 0 spiro atoms. The number of hydrogen-bond acceptors (Lipinski definition) is 4. The van der Waals surface area contributed by atoms with Gasteiger partial charge in [-0.2, -0.15) is 0 Å². The Morgan fingerprint density at radius 3 is 2.42 bits per heavy atom. The van der Waals surface area contributed by atoms with Crippen molar-refractivity contribution in [1.29, 1.82) is 0 Å². The molecule has 6 nitrogen and oxygen atoms in total. The molecule has 2 aromatic rings. The highest BCUT2D eigenvalue weighted by Gasteiger charge is 2.22. The number of carbonyl (C=O) groups excluding carboxylic acids is 1. The number of amides is 1. The third-order valence-electron chi connectivity index (χ3n) is 3.55. The Labute approximate surface area is 150 Å². The van der Waals surface area contributed by atoms with Crippen LogP contribution in [0.5, 0.6) is 5.75 Å². The van der Waals surface area contributed by atoms with Crippen LogP contribution in [0.1, 0.15) is 25.5 Å². The second kappa shape index (κ2) is 7.79. The first-order valence-corrected chi connectivity index (χ1v) is 9.05. The number of sulfonamides is 1. The number of anilines is 1. The molecule has 1 amide bonds. The summed E-state index contributed by atoms with van der Waals surface area (Å²) < 4.78 is 59.4. The number of hydrogen-bond donors (Lipinski definition) is 2. The van der Waals surface area contributed by atoms with E-state index in [0.29, 0.717) is 11.8 Å². The van der Waals surface area contributed by atoms with Gasteiger partial charge in [0.2, 0.25) is 15.9 Å². The maximum atomic E-state index is 13.8. The van der Waals surface area contributed by atoms with E-state index in [1.54, 1.807) is 0 Å². The summed E-state index contributed by atoms with van der Waals surface area (Å²) in [5, 5.41) is 2.52. The smallest absolute Gasteiger partial charge is 0.241 e. The monoisotopic (exact) mass is 384 g/mol. The normalized spacial score (nSPS) is 12.5. The molecule has 0 fully saturated rings. The first kappa shape index (κ1) is 19.8. The van der Waals surface area contributed by atoms with Crippen LogP contribution < -0.4 is 14.8 Å². The highest BCUT2D eigenvalue weighted by Crippen LogP contribution is 2.28. The molecular weight excluding hydrogens is 366 g/mol. The van der Waals surface area contributed by atoms with E-state index in [1.807, 2.05) is 0 Å². The summed E-state index contributed by atoms with van der Waals surface area (Å²) in [6, 6.07) is 5.89. The lowest BCUT2D eigenvalue weighted by Crippen LogP contribution is -2.27. The average molecular weight is 384 g/mol. The summed E-state index contributed by atoms with van der Waals surface area (Å²) in [6.45, 7) is 2.75. The third kappa shape index (κ3) is 4.55. The fourth-order valence-electron chi connectivity index (χ4n) is 2.35. The predicted octanol–water partition coefficient (Wildman–Crippen LogP) is 2.97. The SMILES string of the molecule is COc1cc(S(=O)(=O)N[C@@H](C)c2ccc(F)cc2F)ccc1NC(C)=O. The van der Waals surface area contributed by atoms with Gasteiger partial charge in [0.15, 0.2) is 0 Å². The van der Waals surface area contributed by atoms with Crippen molar-refractivity contribution in [3.63, 3.8) is 0 Å². The average Bonchev–Trinajstić information content (AvgIpc) is 2.53. The largest absolute Gasteiger partial charge is 0.495 e. The molecule has 2 aromatic carbocycles. The number of benzene rings is 2. The second-order valence-electron chi connectivity index (χ2n) is 5.55. The molecule has 0 heterocycles. The number of methoxy groups -OCH3 is 1. The zero-order valence-corrected chi connectivity index (χ0v) is 15.2. The Morgan fingerprint density at radius 1 is 1.15 bits per heavy atom. The Balaban J connectivity index is 2.30. The van der Waals surface area contributed by atoms with Crippen LogP contribution in [0.4, 0.5) is 14.5 Å². The van der Waals surface area contributed by atoms with Crippen molar-refractivity contribution in [2.45, 2.75) is 24.8 Å². The van der Waals surface area contributed by atoms with E-state index in [0.717, 1.165) is 6.07 Å². The zero-order chi connectivity index (χ0) is 19.5. The lowest BCUT2D eigenvalue weighted by Gasteiger charge is -2.16. The van der Waals surface area contributed by atoms with Crippen molar-refractivity contribution in [3.05, 3.63) is 53.6 Å². The van der Waals surface area contributed by atoms with Crippen molar-refractivity contribution < 1.29 is 26.7 Å². The van der Waals surface area contributed by atoms with Crippen LogP contribution in [0.25, 0.3) is 0 Å². The van der Waals surface area contributed by atoms with Gasteiger partial charge in [-0.1, -0.05) is 6.07 Å². The van der Waals surface area contributed by atoms with Gasteiger partial charge in [0.25, 0.3) is 0 Å². The molecule has 0 aliphatic carbocycles. The molecule has 0 saturated heterocycles. The predicted molar refractivity (Wildman–Crippen MR) is 92.4 cm³/mol. The van der Waals surface area contributed by atoms with Crippen molar-refractivity contribution in [2.24, 2.45) is 0 Å². The maximum absolute atomic E-state index is 13.8. The van der Waals surface area contributed by atoms with Crippen molar-refractivity contribution in [2.75, 3.05) is 12.4 Å². The minimum atomic E-state index is -4.02. The van der Waals surface area contributed by atoms with Crippen LogP contribution >= 0.6 is 0 Å². The summed E-state index contributed by atoms with van der Waals surface area (Å²) in [6.07, 6.45) is 0. The first-order valence-electron chi connectivity index (χ1n) is 7.57. The highest BCUT2D eigenvalue weighted by molar-refractivity contribution is 7.89. The van der Waals surface area contributed by atoms with Crippen LogP contribution in [-0.4, -0.2) is 21.4 Å². The topological polar surface area (TPSA) is 84.5 Å². The molecule has 0 bridgehead atoms. The molecular formula is C17H18F2N2O4S. The van der Waals surface area contributed by atoms with Gasteiger partial charge < -0.3 is 10.1 Å². The van der Waals surface area contributed by atoms with Gasteiger partial charge in [-0.25, -0.2) is 21.9 Å². The molecule has 2 rings (SSSR count). The molecule has 26 heavy (non-hydrogen) atoms. The number of nitrogens with one attached hydrogen (secondary N) is 2. The van der Waals surface area contributed by atoms with E-state index in [4.69, 9.17) is 4.74 Å². The van der Waals surface area contributed by atoms with Gasteiger partial charge >= 0.3 is 0 Å². The van der Waals surface area contributed by atoms with Gasteiger partial charge in [-0.05, 0) is 25.1 Å². The third-order valence-corrected chi connectivity index (χ3v) is 5.09. The van der Waals surface area contributed by atoms with Crippen LogP contribution in [0.3, 0.4) is 0 Å². The van der Waals surface area contributed by atoms with Gasteiger partial charge in [-0.15, -0.1) is 0 Å². The summed E-state index contributed by atoms with van der Waals surface area (Å²) in [7, 11) is -2.68. The summed E-state index contributed by atoms with van der Waals surface area (Å²) in [5.74, 6) is -1.78. The fourth-order valence-corrected chi connectivity index (χ4v) is 3.59. The number of rotatable bonds is 6. The highest BCUT2D eigenvalue weighted by atomic mass is 32.2. The van der Waals surface area contributed by atoms with Gasteiger partial charge in [-0.3, -0.25) is 4.79 Å². The summed E-state index contributed by atoms with van der Waals surface area (Å²) in [4.78, 5) is 11.0. The van der Waals surface area contributed by atoms with Crippen LogP contribution in [0, 0.1) is 11.6 Å². The Bertz CT molecular complexity index is 932. The zero-order valence-electron chi connectivity index (χ0n) is 14.3. The molecule has 0 aliphatic rings. The second-order valence-corrected chi connectivity index (χ2v) is 7.27. The van der Waals surface area contributed by atoms with E-state index in [1.165, 1.54) is 45.2 Å². The van der Waals surface area contributed by atoms with Crippen molar-refractivity contribution >= 4 is 21.6 Å². The minimum Gasteiger partial charge on any atom is -0.495 e. The molecule has 0 radical (unpaired) electrons. The molecule has 0 aliphatic heterocycles. The Hall–Kier alpha value is -2.52. The van der Waals surface area contributed by atoms with Crippen LogP contribution in [-0.2, 0) is 14.8 Å². The van der Waals surface area contributed by atoms with Gasteiger partial charge in [0, 0.05) is 30.7 Å². The van der Waals surface area contributed by atoms with Crippen molar-refractivity contribution in [1.82, 2.24) is 4.72 Å². The van der Waals surface area contributed by atoms with Gasteiger partial charge in [0.1, 0.15) is 17.4 Å². The quantitative estimate of drug-likeness (QED) is 0.802. The number of ether oxygens (including phenoxy) is 1. The van der Waals surface area contributed by atoms with Crippen LogP contribution in [0.2, 0.25) is 0 Å². The minimum absolute atomic E-state index is 0.0109. The molecule has 0 aromatic heterocycles. The van der Waals surface area contributed by atoms with E-state index in [-0.39, 0.29) is 22.1 Å². The number of carbonyl (C=O) groups is 1. The van der Waals surface area contributed by atoms with E-state index < -0.39 is 27.7 Å². The van der Waals surface area contributed by atoms with Crippen LogP contribution in [0.15, 0.2) is 41.3 Å². The number of halogens is 2. The molecule has 0 unspecified atom stereocenters. The molecule has 140 valence electrons. The molecule has 1 atom stereocenters. The van der Waals surface area contributed by atoms with E-state index in [2.05, 4.69) is 10.0 Å².